The fraction of sp³-hybridized carbons (Fsp3) is 0.273. The zero-order valence-electron chi connectivity index (χ0n) is 8.73. The lowest BCUT2D eigenvalue weighted by atomic mass is 10.0. The molecule has 0 aliphatic heterocycles. The zero-order chi connectivity index (χ0) is 10.8. The summed E-state index contributed by atoms with van der Waals surface area (Å²) in [7, 11) is 0. The molecule has 4 nitrogen and oxygen atoms in total. The van der Waals surface area contributed by atoms with Gasteiger partial charge in [-0.1, -0.05) is 18.2 Å². The Morgan fingerprint density at radius 2 is 2.07 bits per heavy atom. The minimum absolute atomic E-state index is 0.471. The van der Waals surface area contributed by atoms with Gasteiger partial charge in [0.25, 0.3) is 0 Å². The fourth-order valence-corrected chi connectivity index (χ4v) is 1.44. The molecule has 4 heteroatoms. The fourth-order valence-electron chi connectivity index (χ4n) is 1.44. The van der Waals surface area contributed by atoms with Gasteiger partial charge in [0.15, 0.2) is 5.82 Å². The molecular formula is C11H13N3O. The monoisotopic (exact) mass is 203 g/mol. The predicted octanol–water partition coefficient (Wildman–Crippen LogP) is 1.50. The number of aliphatic hydroxyl groups excluding tert-OH is 1. The summed E-state index contributed by atoms with van der Waals surface area (Å²) in [5.74, 6) is 0.471. The molecule has 0 radical (unpaired) electrons. The number of aromatic nitrogens is 3. The topological polar surface area (TPSA) is 61.8 Å². The van der Waals surface area contributed by atoms with Crippen LogP contribution in [0.25, 0.3) is 0 Å². The van der Waals surface area contributed by atoms with Gasteiger partial charge in [-0.25, -0.2) is 4.98 Å². The number of benzene rings is 1. The van der Waals surface area contributed by atoms with Gasteiger partial charge in [0, 0.05) is 0 Å². The smallest absolute Gasteiger partial charge is 0.157 e. The number of aliphatic hydroxyl groups is 1. The van der Waals surface area contributed by atoms with Crippen molar-refractivity contribution in [2.45, 2.75) is 20.0 Å². The van der Waals surface area contributed by atoms with Gasteiger partial charge in [0.1, 0.15) is 12.4 Å². The minimum atomic E-state index is -0.730. The molecule has 2 aromatic rings. The number of hydrogen-bond acceptors (Lipinski definition) is 3. The first-order chi connectivity index (χ1) is 7.18. The van der Waals surface area contributed by atoms with Crippen molar-refractivity contribution in [2.24, 2.45) is 0 Å². The van der Waals surface area contributed by atoms with Crippen molar-refractivity contribution in [3.8, 4) is 0 Å². The number of nitrogens with one attached hydrogen (secondary N) is 1. The van der Waals surface area contributed by atoms with E-state index in [-0.39, 0.29) is 0 Å². The van der Waals surface area contributed by atoms with Crippen molar-refractivity contribution in [3.63, 3.8) is 0 Å². The maximum Gasteiger partial charge on any atom is 0.157 e. The van der Waals surface area contributed by atoms with E-state index < -0.39 is 6.10 Å². The van der Waals surface area contributed by atoms with Crippen molar-refractivity contribution >= 4 is 0 Å². The third-order valence-corrected chi connectivity index (χ3v) is 2.54. The summed E-state index contributed by atoms with van der Waals surface area (Å²) < 4.78 is 0. The molecule has 0 bridgehead atoms. The van der Waals surface area contributed by atoms with Crippen LogP contribution in [0.1, 0.15) is 28.6 Å². The second-order valence-electron chi connectivity index (χ2n) is 3.62. The summed E-state index contributed by atoms with van der Waals surface area (Å²) in [6.45, 7) is 4.06. The largest absolute Gasteiger partial charge is 0.380 e. The molecule has 1 atom stereocenters. The summed E-state index contributed by atoms with van der Waals surface area (Å²) >= 11 is 0. The van der Waals surface area contributed by atoms with E-state index in [1.54, 1.807) is 0 Å². The highest BCUT2D eigenvalue weighted by molar-refractivity contribution is 5.32. The van der Waals surface area contributed by atoms with Gasteiger partial charge < -0.3 is 5.11 Å². The molecule has 78 valence electrons. The SMILES string of the molecule is Cc1ccc(C(O)c2ncn[nH]2)cc1C. The van der Waals surface area contributed by atoms with E-state index in [0.29, 0.717) is 5.82 Å². The van der Waals surface area contributed by atoms with Crippen molar-refractivity contribution in [3.05, 3.63) is 47.0 Å². The molecule has 1 aromatic heterocycles. The number of hydrogen-bond donors (Lipinski definition) is 2. The number of nitrogens with zero attached hydrogens (tertiary/aromatic N) is 2. The number of rotatable bonds is 2. The lowest BCUT2D eigenvalue weighted by Gasteiger charge is -2.09. The summed E-state index contributed by atoms with van der Waals surface area (Å²) in [6, 6.07) is 5.85. The Morgan fingerprint density at radius 3 is 2.67 bits per heavy atom. The zero-order valence-corrected chi connectivity index (χ0v) is 8.73. The minimum Gasteiger partial charge on any atom is -0.380 e. The lowest BCUT2D eigenvalue weighted by Crippen LogP contribution is -2.02. The van der Waals surface area contributed by atoms with Crippen LogP contribution in [0.4, 0.5) is 0 Å². The Bertz CT molecular complexity index is 451. The van der Waals surface area contributed by atoms with Crippen LogP contribution in [0.5, 0.6) is 0 Å². The highest BCUT2D eigenvalue weighted by Crippen LogP contribution is 2.20. The maximum absolute atomic E-state index is 9.96. The van der Waals surface area contributed by atoms with Crippen LogP contribution < -0.4 is 0 Å². The molecule has 2 N–H and O–H groups in total. The van der Waals surface area contributed by atoms with Crippen LogP contribution >= 0.6 is 0 Å². The quantitative estimate of drug-likeness (QED) is 0.777. The Labute approximate surface area is 88.0 Å². The first-order valence-electron chi connectivity index (χ1n) is 4.79. The molecular weight excluding hydrogens is 190 g/mol. The van der Waals surface area contributed by atoms with Gasteiger partial charge >= 0.3 is 0 Å². The Morgan fingerprint density at radius 1 is 1.27 bits per heavy atom. The molecule has 0 fully saturated rings. The average Bonchev–Trinajstić information content (AvgIpc) is 2.74. The van der Waals surface area contributed by atoms with Crippen LogP contribution in [0, 0.1) is 13.8 Å². The second kappa shape index (κ2) is 3.82. The van der Waals surface area contributed by atoms with E-state index in [4.69, 9.17) is 0 Å². The van der Waals surface area contributed by atoms with Gasteiger partial charge in [-0.2, -0.15) is 5.10 Å². The van der Waals surface area contributed by atoms with Gasteiger partial charge in [0.05, 0.1) is 0 Å². The van der Waals surface area contributed by atoms with Crippen LogP contribution in [-0.2, 0) is 0 Å². The van der Waals surface area contributed by atoms with Crippen molar-refractivity contribution in [2.75, 3.05) is 0 Å². The van der Waals surface area contributed by atoms with Crippen molar-refractivity contribution < 1.29 is 5.11 Å². The number of H-pyrrole nitrogens is 1. The molecule has 0 spiro atoms. The standard InChI is InChI=1S/C11H13N3O/c1-7-3-4-9(5-8(7)2)10(15)11-12-6-13-14-11/h3-6,10,15H,1-2H3,(H,12,13,14). The summed E-state index contributed by atoms with van der Waals surface area (Å²) in [6.07, 6.45) is 0.659. The maximum atomic E-state index is 9.96. The second-order valence-corrected chi connectivity index (χ2v) is 3.62. The third kappa shape index (κ3) is 1.89. The number of aromatic amines is 1. The highest BCUT2D eigenvalue weighted by atomic mass is 16.3. The van der Waals surface area contributed by atoms with Crippen LogP contribution in [0.15, 0.2) is 24.5 Å². The molecule has 0 amide bonds. The molecule has 15 heavy (non-hydrogen) atoms. The van der Waals surface area contributed by atoms with E-state index >= 15 is 0 Å². The van der Waals surface area contributed by atoms with Crippen molar-refractivity contribution in [1.82, 2.24) is 15.2 Å². The third-order valence-electron chi connectivity index (χ3n) is 2.54. The highest BCUT2D eigenvalue weighted by Gasteiger charge is 2.13. The van der Waals surface area contributed by atoms with Crippen LogP contribution in [0.3, 0.4) is 0 Å². The summed E-state index contributed by atoms with van der Waals surface area (Å²) in [5, 5.41) is 16.3. The molecule has 2 rings (SSSR count). The van der Waals surface area contributed by atoms with E-state index in [1.165, 1.54) is 11.9 Å². The summed E-state index contributed by atoms with van der Waals surface area (Å²) in [4.78, 5) is 3.93. The first-order valence-corrected chi connectivity index (χ1v) is 4.79. The number of aryl methyl sites for hydroxylation is 2. The normalized spacial score (nSPS) is 12.7. The van der Waals surface area contributed by atoms with Crippen LogP contribution in [0.2, 0.25) is 0 Å². The van der Waals surface area contributed by atoms with Crippen LogP contribution in [-0.4, -0.2) is 20.3 Å². The van der Waals surface area contributed by atoms with E-state index in [9.17, 15) is 5.11 Å². The molecule has 1 unspecified atom stereocenters. The predicted molar refractivity (Wildman–Crippen MR) is 56.4 cm³/mol. The van der Waals surface area contributed by atoms with Crippen molar-refractivity contribution in [1.29, 1.82) is 0 Å². The molecule has 0 aliphatic rings. The first kappa shape index (κ1) is 9.86. The molecule has 0 saturated carbocycles. The van der Waals surface area contributed by atoms with Gasteiger partial charge in [-0.3, -0.25) is 5.10 Å². The Kier molecular flexibility index (Phi) is 2.51. The van der Waals surface area contributed by atoms with E-state index in [0.717, 1.165) is 11.1 Å². The molecule has 0 aliphatic carbocycles. The summed E-state index contributed by atoms with van der Waals surface area (Å²) in [5.41, 5.74) is 3.20. The van der Waals surface area contributed by atoms with Gasteiger partial charge in [-0.05, 0) is 30.5 Å². The van der Waals surface area contributed by atoms with Gasteiger partial charge in [-0.15, -0.1) is 0 Å². The molecule has 1 heterocycles. The average molecular weight is 203 g/mol. The van der Waals surface area contributed by atoms with E-state index in [1.807, 2.05) is 32.0 Å². The Balaban J connectivity index is 2.34. The van der Waals surface area contributed by atoms with Gasteiger partial charge in [0.2, 0.25) is 0 Å². The lowest BCUT2D eigenvalue weighted by molar-refractivity contribution is 0.210. The Hall–Kier alpha value is -1.68. The van der Waals surface area contributed by atoms with E-state index in [2.05, 4.69) is 15.2 Å². The molecule has 0 saturated heterocycles. The molecule has 1 aromatic carbocycles.